The maximum Gasteiger partial charge on any atom is 0.190 e. The van der Waals surface area contributed by atoms with Crippen molar-refractivity contribution < 1.29 is 16.8 Å². The van der Waals surface area contributed by atoms with Crippen LogP contribution in [0.1, 0.15) is 148 Å². The Morgan fingerprint density at radius 2 is 0.875 bits per heavy atom. The number of anilines is 1. The second-order valence-corrected chi connectivity index (χ2v) is 15.9. The fourth-order valence-corrected chi connectivity index (χ4v) is 9.02. The van der Waals surface area contributed by atoms with Gasteiger partial charge >= 0.3 is 0 Å². The van der Waals surface area contributed by atoms with Crippen LogP contribution in [0.2, 0.25) is 0 Å². The van der Waals surface area contributed by atoms with Gasteiger partial charge in [0.25, 0.3) is 0 Å². The van der Waals surface area contributed by atoms with Gasteiger partial charge in [0.2, 0.25) is 0 Å². The van der Waals surface area contributed by atoms with Gasteiger partial charge in [0.05, 0.1) is 11.5 Å². The van der Waals surface area contributed by atoms with Crippen LogP contribution in [-0.2, 0) is 19.7 Å². The number of unbranched alkanes of at least 4 members (excludes halogenated alkanes) is 18. The van der Waals surface area contributed by atoms with Crippen molar-refractivity contribution in [1.82, 2.24) is 0 Å². The zero-order chi connectivity index (χ0) is 29.5. The Balaban J connectivity index is 2.62. The monoisotopic (exact) mass is 597 g/mol. The van der Waals surface area contributed by atoms with E-state index in [9.17, 15) is 16.8 Å². The number of rotatable bonds is 26. The first kappa shape index (κ1) is 36.7. The Morgan fingerprint density at radius 3 is 1.23 bits per heavy atom. The van der Waals surface area contributed by atoms with E-state index in [1.54, 1.807) is 0 Å². The van der Waals surface area contributed by atoms with Crippen LogP contribution in [0.5, 0.6) is 0 Å². The number of aryl methyl sites for hydroxylation is 1. The topological polar surface area (TPSA) is 80.3 Å². The second-order valence-electron chi connectivity index (χ2n) is 11.5. The molecule has 232 valence electrons. The van der Waals surface area contributed by atoms with Crippen molar-refractivity contribution in [2.75, 3.05) is 16.8 Å². The summed E-state index contributed by atoms with van der Waals surface area (Å²) in [5.74, 6) is -0.246. The van der Waals surface area contributed by atoms with Crippen molar-refractivity contribution in [1.29, 1.82) is 0 Å². The molecule has 0 aliphatic rings. The highest BCUT2D eigenvalue weighted by Crippen LogP contribution is 2.22. The van der Waals surface area contributed by atoms with Crippen LogP contribution < -0.4 is 5.32 Å². The van der Waals surface area contributed by atoms with E-state index < -0.39 is 23.9 Å². The van der Waals surface area contributed by atoms with Crippen molar-refractivity contribution in [3.05, 3.63) is 40.3 Å². The molecule has 0 aromatic heterocycles. The number of hydrogen-bond acceptors (Lipinski definition) is 5. The average molecular weight is 598 g/mol. The number of nitrogens with one attached hydrogen (secondary N) is 1. The molecule has 0 atom stereocenters. The maximum absolute atomic E-state index is 13.3. The summed E-state index contributed by atoms with van der Waals surface area (Å²) in [7, 11) is -7.84. The minimum atomic E-state index is -3.92. The molecule has 5 nitrogen and oxygen atoms in total. The Morgan fingerprint density at radius 1 is 0.550 bits per heavy atom. The van der Waals surface area contributed by atoms with Gasteiger partial charge in [-0.1, -0.05) is 147 Å². The largest absolute Gasteiger partial charge is 0.360 e. The van der Waals surface area contributed by atoms with Crippen LogP contribution in [-0.4, -0.2) is 28.3 Å². The molecule has 1 aromatic rings. The van der Waals surface area contributed by atoms with E-state index in [2.05, 4.69) is 19.2 Å². The molecule has 0 bridgehead atoms. The molecule has 1 rings (SSSR count). The normalized spacial score (nSPS) is 12.0. The first-order valence-electron chi connectivity index (χ1n) is 16.2. The zero-order valence-corrected chi connectivity index (χ0v) is 27.5. The Hall–Kier alpha value is -1.34. The van der Waals surface area contributed by atoms with Crippen LogP contribution >= 0.6 is 0 Å². The second kappa shape index (κ2) is 22.3. The summed E-state index contributed by atoms with van der Waals surface area (Å²) in [6.45, 7) is 6.41. The lowest BCUT2D eigenvalue weighted by Crippen LogP contribution is -2.21. The van der Waals surface area contributed by atoms with E-state index in [0.717, 1.165) is 44.1 Å². The standard InChI is InChI=1S/C33H59NO4S2/c1-4-6-8-10-12-14-16-18-20-22-28-39(35,36)33(30-34-32-26-24-31(3)25-27-32)40(37,38)29-23-21-19-17-15-13-11-9-7-5-2/h24-27,30,34H,4-23,28-29H2,1-3H3. The minimum Gasteiger partial charge on any atom is -0.360 e. The summed E-state index contributed by atoms with van der Waals surface area (Å²) >= 11 is 0. The molecular weight excluding hydrogens is 539 g/mol. The fourth-order valence-electron chi connectivity index (χ4n) is 4.93. The first-order valence-corrected chi connectivity index (χ1v) is 19.5. The Labute approximate surface area is 247 Å². The molecule has 0 spiro atoms. The Bertz CT molecular complexity index is 943. The lowest BCUT2D eigenvalue weighted by atomic mass is 10.1. The third-order valence-electron chi connectivity index (χ3n) is 7.55. The summed E-state index contributed by atoms with van der Waals surface area (Å²) < 4.78 is 52.7. The van der Waals surface area contributed by atoms with E-state index in [4.69, 9.17) is 0 Å². The predicted octanol–water partition coefficient (Wildman–Crippen LogP) is 9.88. The molecule has 0 saturated carbocycles. The molecule has 0 fully saturated rings. The molecule has 7 heteroatoms. The average Bonchev–Trinajstić information content (AvgIpc) is 2.91. The van der Waals surface area contributed by atoms with E-state index in [1.165, 1.54) is 83.2 Å². The van der Waals surface area contributed by atoms with Crippen molar-refractivity contribution in [3.63, 3.8) is 0 Å². The van der Waals surface area contributed by atoms with Crippen LogP contribution in [0.15, 0.2) is 34.7 Å². The summed E-state index contributed by atoms with van der Waals surface area (Å²) in [6.07, 6.45) is 23.2. The Kier molecular flexibility index (Phi) is 20.4. The van der Waals surface area contributed by atoms with Crippen molar-refractivity contribution in [3.8, 4) is 0 Å². The van der Waals surface area contributed by atoms with Crippen molar-refractivity contribution >= 4 is 25.4 Å². The molecular formula is C33H59NO4S2. The van der Waals surface area contributed by atoms with Crippen LogP contribution in [0.25, 0.3) is 0 Å². The van der Waals surface area contributed by atoms with Crippen molar-refractivity contribution in [2.45, 2.75) is 149 Å². The van der Waals surface area contributed by atoms with Crippen LogP contribution in [0.3, 0.4) is 0 Å². The molecule has 1 N–H and O–H groups in total. The van der Waals surface area contributed by atoms with Gasteiger partial charge in [-0.2, -0.15) is 0 Å². The third-order valence-corrected chi connectivity index (χ3v) is 12.2. The van der Waals surface area contributed by atoms with Gasteiger partial charge in [0.1, 0.15) is 0 Å². The molecule has 40 heavy (non-hydrogen) atoms. The molecule has 1 aromatic carbocycles. The van der Waals surface area contributed by atoms with Gasteiger partial charge < -0.3 is 5.32 Å². The van der Waals surface area contributed by atoms with Gasteiger partial charge in [-0.25, -0.2) is 16.8 Å². The fraction of sp³-hybridized carbons (Fsp3) is 0.758. The summed E-state index contributed by atoms with van der Waals surface area (Å²) in [4.78, 5) is 0. The highest BCUT2D eigenvalue weighted by Gasteiger charge is 2.30. The molecule has 0 aliphatic carbocycles. The molecule has 0 radical (unpaired) electrons. The van der Waals surface area contributed by atoms with E-state index in [-0.39, 0.29) is 11.5 Å². The molecule has 0 amide bonds. The molecule has 0 heterocycles. The van der Waals surface area contributed by atoms with Gasteiger partial charge in [0, 0.05) is 11.9 Å². The molecule has 0 saturated heterocycles. The molecule has 0 unspecified atom stereocenters. The van der Waals surface area contributed by atoms with Crippen LogP contribution in [0, 0.1) is 6.92 Å². The van der Waals surface area contributed by atoms with Gasteiger partial charge in [-0.3, -0.25) is 0 Å². The van der Waals surface area contributed by atoms with E-state index in [1.807, 2.05) is 31.2 Å². The van der Waals surface area contributed by atoms with E-state index in [0.29, 0.717) is 18.5 Å². The minimum absolute atomic E-state index is 0.123. The quantitative estimate of drug-likeness (QED) is 0.107. The van der Waals surface area contributed by atoms with Gasteiger partial charge in [-0.05, 0) is 31.9 Å². The summed E-state index contributed by atoms with van der Waals surface area (Å²) in [6, 6.07) is 7.47. The zero-order valence-electron chi connectivity index (χ0n) is 25.9. The highest BCUT2D eigenvalue weighted by atomic mass is 32.3. The SMILES string of the molecule is CCCCCCCCCCCCS(=O)(=O)C(=CNc1ccc(C)cc1)S(=O)(=O)CCCCCCCCCCCC. The highest BCUT2D eigenvalue weighted by molar-refractivity contribution is 8.14. The molecule has 0 aliphatic heterocycles. The van der Waals surface area contributed by atoms with Gasteiger partial charge in [0.15, 0.2) is 23.9 Å². The lowest BCUT2D eigenvalue weighted by molar-refractivity contribution is 0.557. The van der Waals surface area contributed by atoms with E-state index >= 15 is 0 Å². The summed E-state index contributed by atoms with van der Waals surface area (Å²) in [5, 5.41) is 2.94. The lowest BCUT2D eigenvalue weighted by Gasteiger charge is -2.12. The first-order chi connectivity index (χ1) is 19.2. The number of hydrogen-bond donors (Lipinski definition) is 1. The van der Waals surface area contributed by atoms with Gasteiger partial charge in [-0.15, -0.1) is 0 Å². The number of benzene rings is 1. The maximum atomic E-state index is 13.3. The van der Waals surface area contributed by atoms with Crippen LogP contribution in [0.4, 0.5) is 5.69 Å². The summed E-state index contributed by atoms with van der Waals surface area (Å²) in [5.41, 5.74) is 1.75. The van der Waals surface area contributed by atoms with Crippen molar-refractivity contribution in [2.24, 2.45) is 0 Å². The third kappa shape index (κ3) is 17.5. The number of sulfone groups is 2. The smallest absolute Gasteiger partial charge is 0.190 e. The predicted molar refractivity (Wildman–Crippen MR) is 174 cm³/mol.